The zero-order chi connectivity index (χ0) is 11.8. The Labute approximate surface area is 106 Å². The van der Waals surface area contributed by atoms with Crippen LogP contribution in [0, 0.1) is 0 Å². The van der Waals surface area contributed by atoms with Gasteiger partial charge >= 0.3 is 0 Å². The zero-order valence-electron chi connectivity index (χ0n) is 8.72. The third-order valence-electron chi connectivity index (χ3n) is 2.57. The van der Waals surface area contributed by atoms with Crippen molar-refractivity contribution < 1.29 is 9.63 Å². The third-order valence-corrected chi connectivity index (χ3v) is 3.07. The zero-order valence-corrected chi connectivity index (χ0v) is 10.3. The molecule has 17 heavy (non-hydrogen) atoms. The number of aromatic hydroxyl groups is 1. The van der Waals surface area contributed by atoms with E-state index in [1.54, 1.807) is 12.1 Å². The molecule has 0 saturated heterocycles. The van der Waals surface area contributed by atoms with E-state index in [1.165, 1.54) is 0 Å². The Balaban J connectivity index is 2.21. The molecule has 4 heteroatoms. The average molecular weight is 290 g/mol. The SMILES string of the molecule is Oc1ccc(-c2noc3cc(Br)ccc23)cc1. The molecule has 0 unspecified atom stereocenters. The first-order valence-electron chi connectivity index (χ1n) is 5.08. The van der Waals surface area contributed by atoms with Gasteiger partial charge in [0.1, 0.15) is 11.4 Å². The summed E-state index contributed by atoms with van der Waals surface area (Å²) in [7, 11) is 0. The van der Waals surface area contributed by atoms with Gasteiger partial charge in [0, 0.05) is 15.4 Å². The first-order chi connectivity index (χ1) is 8.24. The lowest BCUT2D eigenvalue weighted by Gasteiger charge is -1.97. The molecule has 0 radical (unpaired) electrons. The lowest BCUT2D eigenvalue weighted by atomic mass is 10.1. The highest BCUT2D eigenvalue weighted by Gasteiger charge is 2.10. The predicted octanol–water partition coefficient (Wildman–Crippen LogP) is 3.96. The van der Waals surface area contributed by atoms with Gasteiger partial charge in [0.05, 0.1) is 0 Å². The first-order valence-corrected chi connectivity index (χ1v) is 5.88. The molecule has 3 nitrogen and oxygen atoms in total. The number of hydrogen-bond donors (Lipinski definition) is 1. The molecule has 0 aliphatic carbocycles. The Kier molecular flexibility index (Phi) is 2.37. The summed E-state index contributed by atoms with van der Waals surface area (Å²) in [6.45, 7) is 0. The number of phenols is 1. The second-order valence-corrected chi connectivity index (χ2v) is 4.63. The van der Waals surface area contributed by atoms with Crippen molar-refractivity contribution in [2.24, 2.45) is 0 Å². The highest BCUT2D eigenvalue weighted by molar-refractivity contribution is 9.10. The summed E-state index contributed by atoms with van der Waals surface area (Å²) in [5, 5.41) is 14.3. The van der Waals surface area contributed by atoms with Crippen LogP contribution in [0.3, 0.4) is 0 Å². The van der Waals surface area contributed by atoms with Gasteiger partial charge in [0.2, 0.25) is 0 Å². The third kappa shape index (κ3) is 1.80. The van der Waals surface area contributed by atoms with Crippen molar-refractivity contribution in [3.63, 3.8) is 0 Å². The highest BCUT2D eigenvalue weighted by Crippen LogP contribution is 2.30. The van der Waals surface area contributed by atoms with Crippen molar-refractivity contribution in [1.82, 2.24) is 5.16 Å². The van der Waals surface area contributed by atoms with E-state index in [0.717, 1.165) is 26.7 Å². The second kappa shape index (κ2) is 3.89. The fourth-order valence-corrected chi connectivity index (χ4v) is 2.08. The monoisotopic (exact) mass is 289 g/mol. The minimum absolute atomic E-state index is 0.240. The van der Waals surface area contributed by atoms with E-state index < -0.39 is 0 Å². The van der Waals surface area contributed by atoms with Crippen LogP contribution in [-0.2, 0) is 0 Å². The Morgan fingerprint density at radius 2 is 1.82 bits per heavy atom. The van der Waals surface area contributed by atoms with Gasteiger partial charge in [-0.05, 0) is 42.5 Å². The van der Waals surface area contributed by atoms with Crippen molar-refractivity contribution in [3.8, 4) is 17.0 Å². The molecule has 1 N–H and O–H groups in total. The Morgan fingerprint density at radius 1 is 1.06 bits per heavy atom. The molecular formula is C13H8BrNO2. The van der Waals surface area contributed by atoms with Crippen LogP contribution >= 0.6 is 15.9 Å². The molecule has 0 amide bonds. The summed E-state index contributed by atoms with van der Waals surface area (Å²) in [5.74, 6) is 0.240. The maximum atomic E-state index is 9.25. The molecule has 1 aromatic heterocycles. The normalized spacial score (nSPS) is 10.9. The van der Waals surface area contributed by atoms with Crippen LogP contribution in [0.25, 0.3) is 22.2 Å². The lowest BCUT2D eigenvalue weighted by Crippen LogP contribution is -1.77. The number of nitrogens with zero attached hydrogens (tertiary/aromatic N) is 1. The van der Waals surface area contributed by atoms with E-state index in [2.05, 4.69) is 21.1 Å². The molecule has 1 heterocycles. The van der Waals surface area contributed by atoms with Gasteiger partial charge in [-0.25, -0.2) is 0 Å². The van der Waals surface area contributed by atoms with Crippen LogP contribution in [-0.4, -0.2) is 10.3 Å². The fourth-order valence-electron chi connectivity index (χ4n) is 1.74. The van der Waals surface area contributed by atoms with E-state index >= 15 is 0 Å². The van der Waals surface area contributed by atoms with E-state index in [0.29, 0.717) is 0 Å². The second-order valence-electron chi connectivity index (χ2n) is 3.72. The topological polar surface area (TPSA) is 46.3 Å². The van der Waals surface area contributed by atoms with Gasteiger partial charge in [-0.2, -0.15) is 0 Å². The fraction of sp³-hybridized carbons (Fsp3) is 0. The molecule has 2 aromatic carbocycles. The summed E-state index contributed by atoms with van der Waals surface area (Å²) in [6, 6.07) is 12.7. The van der Waals surface area contributed by atoms with Gasteiger partial charge in [-0.15, -0.1) is 0 Å². The standard InChI is InChI=1S/C13H8BrNO2/c14-9-3-6-11-12(7-9)17-15-13(11)8-1-4-10(16)5-2-8/h1-7,16H. The minimum atomic E-state index is 0.240. The van der Waals surface area contributed by atoms with E-state index in [-0.39, 0.29) is 5.75 Å². The van der Waals surface area contributed by atoms with Crippen LogP contribution in [0.2, 0.25) is 0 Å². The molecule has 0 spiro atoms. The number of aromatic nitrogens is 1. The number of halogens is 1. The van der Waals surface area contributed by atoms with Crippen molar-refractivity contribution >= 4 is 26.9 Å². The summed E-state index contributed by atoms with van der Waals surface area (Å²) in [5.41, 5.74) is 2.44. The van der Waals surface area contributed by atoms with Crippen molar-refractivity contribution in [2.75, 3.05) is 0 Å². The number of phenolic OH excluding ortho intramolecular Hbond substituents is 1. The van der Waals surface area contributed by atoms with Crippen molar-refractivity contribution in [3.05, 3.63) is 46.9 Å². The Bertz CT molecular complexity index is 673. The Hall–Kier alpha value is -1.81. The summed E-state index contributed by atoms with van der Waals surface area (Å²) in [6.07, 6.45) is 0. The molecule has 3 aromatic rings. The van der Waals surface area contributed by atoms with Gasteiger partial charge in [-0.3, -0.25) is 0 Å². The van der Waals surface area contributed by atoms with E-state index in [1.807, 2.05) is 30.3 Å². The number of rotatable bonds is 1. The molecule has 0 atom stereocenters. The summed E-state index contributed by atoms with van der Waals surface area (Å²) < 4.78 is 6.23. The van der Waals surface area contributed by atoms with Gasteiger partial charge in [0.25, 0.3) is 0 Å². The van der Waals surface area contributed by atoms with Gasteiger partial charge in [0.15, 0.2) is 5.58 Å². The van der Waals surface area contributed by atoms with Crippen LogP contribution in [0.15, 0.2) is 51.5 Å². The lowest BCUT2D eigenvalue weighted by molar-refractivity contribution is 0.459. The Morgan fingerprint density at radius 3 is 2.59 bits per heavy atom. The molecule has 84 valence electrons. The predicted molar refractivity (Wildman–Crippen MR) is 68.8 cm³/mol. The van der Waals surface area contributed by atoms with Crippen LogP contribution in [0.1, 0.15) is 0 Å². The molecule has 0 saturated carbocycles. The van der Waals surface area contributed by atoms with E-state index in [9.17, 15) is 5.11 Å². The molecule has 0 aliphatic rings. The number of fused-ring (bicyclic) bond motifs is 1. The van der Waals surface area contributed by atoms with Crippen molar-refractivity contribution in [2.45, 2.75) is 0 Å². The van der Waals surface area contributed by atoms with Gasteiger partial charge in [-0.1, -0.05) is 21.1 Å². The quantitative estimate of drug-likeness (QED) is 0.737. The maximum absolute atomic E-state index is 9.25. The smallest absolute Gasteiger partial charge is 0.168 e. The number of benzene rings is 2. The maximum Gasteiger partial charge on any atom is 0.168 e. The van der Waals surface area contributed by atoms with Crippen LogP contribution in [0.5, 0.6) is 5.75 Å². The number of hydrogen-bond acceptors (Lipinski definition) is 3. The average Bonchev–Trinajstić information content (AvgIpc) is 2.73. The van der Waals surface area contributed by atoms with Crippen molar-refractivity contribution in [1.29, 1.82) is 0 Å². The molecule has 0 aliphatic heterocycles. The first kappa shape index (κ1) is 10.4. The summed E-state index contributed by atoms with van der Waals surface area (Å²) in [4.78, 5) is 0. The molecule has 3 rings (SSSR count). The van der Waals surface area contributed by atoms with Gasteiger partial charge < -0.3 is 9.63 Å². The van der Waals surface area contributed by atoms with E-state index in [4.69, 9.17) is 4.52 Å². The largest absolute Gasteiger partial charge is 0.508 e. The summed E-state index contributed by atoms with van der Waals surface area (Å²) >= 11 is 3.39. The van der Waals surface area contributed by atoms with Crippen LogP contribution < -0.4 is 0 Å². The van der Waals surface area contributed by atoms with Crippen LogP contribution in [0.4, 0.5) is 0 Å². The molecule has 0 bridgehead atoms. The molecular weight excluding hydrogens is 282 g/mol. The molecule has 0 fully saturated rings. The highest BCUT2D eigenvalue weighted by atomic mass is 79.9. The minimum Gasteiger partial charge on any atom is -0.508 e.